The maximum atomic E-state index is 13.2. The van der Waals surface area contributed by atoms with Crippen LogP contribution >= 0.6 is 22.6 Å². The zero-order valence-corrected chi connectivity index (χ0v) is 10.8. The van der Waals surface area contributed by atoms with Gasteiger partial charge < -0.3 is 5.11 Å². The lowest BCUT2D eigenvalue weighted by Crippen LogP contribution is -2.04. The number of benzene rings is 1. The highest BCUT2D eigenvalue weighted by Crippen LogP contribution is 2.11. The summed E-state index contributed by atoms with van der Waals surface area (Å²) in [5.41, 5.74) is 0.517. The fourth-order valence-corrected chi connectivity index (χ4v) is 1.92. The monoisotopic (exact) mass is 346 g/mol. The van der Waals surface area contributed by atoms with Crippen LogP contribution in [0.5, 0.6) is 0 Å². The third-order valence-corrected chi connectivity index (χ3v) is 2.71. The second kappa shape index (κ2) is 4.82. The summed E-state index contributed by atoms with van der Waals surface area (Å²) in [4.78, 5) is 10.8. The van der Waals surface area contributed by atoms with Gasteiger partial charge in [-0.1, -0.05) is 0 Å². The van der Waals surface area contributed by atoms with Crippen molar-refractivity contribution in [3.63, 3.8) is 0 Å². The molecular formula is C11H8FIN2O2. The first-order chi connectivity index (χ1) is 8.04. The average Bonchev–Trinajstić information content (AvgIpc) is 2.63. The maximum Gasteiger partial charge on any atom is 0.335 e. The molecule has 17 heavy (non-hydrogen) atoms. The van der Waals surface area contributed by atoms with Crippen molar-refractivity contribution in [3.05, 3.63) is 51.1 Å². The number of rotatable bonds is 3. The molecule has 0 atom stereocenters. The van der Waals surface area contributed by atoms with Crippen LogP contribution in [0.25, 0.3) is 0 Å². The van der Waals surface area contributed by atoms with Crippen molar-refractivity contribution in [1.29, 1.82) is 0 Å². The molecule has 2 rings (SSSR count). The predicted molar refractivity (Wildman–Crippen MR) is 67.4 cm³/mol. The van der Waals surface area contributed by atoms with Gasteiger partial charge in [0.1, 0.15) is 5.82 Å². The molecule has 1 N–H and O–H groups in total. The van der Waals surface area contributed by atoms with Gasteiger partial charge in [-0.15, -0.1) is 0 Å². The molecule has 0 unspecified atom stereocenters. The molecule has 0 aliphatic heterocycles. The van der Waals surface area contributed by atoms with Crippen LogP contribution in [0, 0.1) is 9.39 Å². The third-order valence-electron chi connectivity index (χ3n) is 2.15. The maximum absolute atomic E-state index is 13.2. The van der Waals surface area contributed by atoms with Gasteiger partial charge in [0.2, 0.25) is 0 Å². The van der Waals surface area contributed by atoms with Gasteiger partial charge in [-0.3, -0.25) is 4.68 Å². The van der Waals surface area contributed by atoms with E-state index in [1.54, 1.807) is 17.1 Å². The number of carbonyl (C=O) groups is 1. The molecule has 0 amide bonds. The van der Waals surface area contributed by atoms with Gasteiger partial charge in [0.05, 0.1) is 21.9 Å². The summed E-state index contributed by atoms with van der Waals surface area (Å²) in [5.74, 6) is -1.69. The molecule has 2 aromatic rings. The standard InChI is InChI=1S/C11H8FIN2O2/c12-9-2-7(1-8(3-9)11(16)17)5-15-6-10(13)4-14-15/h1-4,6H,5H2,(H,16,17). The van der Waals surface area contributed by atoms with E-state index in [2.05, 4.69) is 27.7 Å². The van der Waals surface area contributed by atoms with E-state index in [0.29, 0.717) is 12.1 Å². The van der Waals surface area contributed by atoms with Crippen LogP contribution < -0.4 is 0 Å². The minimum atomic E-state index is -1.14. The minimum absolute atomic E-state index is 0.0538. The van der Waals surface area contributed by atoms with Crippen LogP contribution in [-0.4, -0.2) is 20.9 Å². The fraction of sp³-hybridized carbons (Fsp3) is 0.0909. The molecule has 6 heteroatoms. The van der Waals surface area contributed by atoms with Gasteiger partial charge in [-0.2, -0.15) is 5.10 Å². The van der Waals surface area contributed by atoms with Crippen molar-refractivity contribution < 1.29 is 14.3 Å². The highest BCUT2D eigenvalue weighted by Gasteiger charge is 2.07. The zero-order valence-electron chi connectivity index (χ0n) is 8.60. The number of aromatic carboxylic acids is 1. The Morgan fingerprint density at radius 3 is 2.82 bits per heavy atom. The Bertz CT molecular complexity index is 568. The third kappa shape index (κ3) is 3.02. The Morgan fingerprint density at radius 2 is 2.24 bits per heavy atom. The predicted octanol–water partition coefficient (Wildman–Crippen LogP) is 2.37. The molecular weight excluding hydrogens is 338 g/mol. The molecule has 0 aliphatic rings. The SMILES string of the molecule is O=C(O)c1cc(F)cc(Cn2cc(I)cn2)c1. The van der Waals surface area contributed by atoms with E-state index in [9.17, 15) is 9.18 Å². The van der Waals surface area contributed by atoms with Crippen molar-refractivity contribution in [2.45, 2.75) is 6.54 Å². The number of aromatic nitrogens is 2. The molecule has 1 aromatic carbocycles. The lowest BCUT2D eigenvalue weighted by molar-refractivity contribution is 0.0696. The number of carboxylic acids is 1. The lowest BCUT2D eigenvalue weighted by atomic mass is 10.1. The van der Waals surface area contributed by atoms with E-state index in [-0.39, 0.29) is 5.56 Å². The Hall–Kier alpha value is -1.44. The summed E-state index contributed by atoms with van der Waals surface area (Å²) in [6.07, 6.45) is 3.48. The first-order valence-corrected chi connectivity index (χ1v) is 5.83. The molecule has 0 saturated carbocycles. The van der Waals surface area contributed by atoms with Crippen molar-refractivity contribution in [2.75, 3.05) is 0 Å². The number of hydrogen-bond donors (Lipinski definition) is 1. The number of carboxylic acid groups (broad SMARTS) is 1. The highest BCUT2D eigenvalue weighted by atomic mass is 127. The van der Waals surface area contributed by atoms with E-state index >= 15 is 0 Å². The first kappa shape index (κ1) is 12.0. The van der Waals surface area contributed by atoms with Crippen LogP contribution in [0.4, 0.5) is 4.39 Å². The topological polar surface area (TPSA) is 55.1 Å². The van der Waals surface area contributed by atoms with Crippen molar-refractivity contribution >= 4 is 28.6 Å². The van der Waals surface area contributed by atoms with Gasteiger partial charge in [-0.05, 0) is 46.4 Å². The van der Waals surface area contributed by atoms with Gasteiger partial charge in [0, 0.05) is 6.20 Å². The molecule has 88 valence electrons. The van der Waals surface area contributed by atoms with Crippen LogP contribution in [0.1, 0.15) is 15.9 Å². The number of nitrogens with zero attached hydrogens (tertiary/aromatic N) is 2. The van der Waals surface area contributed by atoms with E-state index in [0.717, 1.165) is 9.64 Å². The molecule has 1 heterocycles. The Labute approximate surface area is 110 Å². The van der Waals surface area contributed by atoms with Crippen molar-refractivity contribution in [1.82, 2.24) is 9.78 Å². The highest BCUT2D eigenvalue weighted by molar-refractivity contribution is 14.1. The summed E-state index contributed by atoms with van der Waals surface area (Å²) in [5, 5.41) is 12.9. The minimum Gasteiger partial charge on any atom is -0.478 e. The van der Waals surface area contributed by atoms with Crippen LogP contribution in [0.15, 0.2) is 30.6 Å². The van der Waals surface area contributed by atoms with Crippen LogP contribution in [-0.2, 0) is 6.54 Å². The second-order valence-electron chi connectivity index (χ2n) is 3.51. The van der Waals surface area contributed by atoms with E-state index < -0.39 is 11.8 Å². The lowest BCUT2D eigenvalue weighted by Gasteiger charge is -2.04. The van der Waals surface area contributed by atoms with E-state index in [4.69, 9.17) is 5.11 Å². The molecule has 1 aromatic heterocycles. The number of hydrogen-bond acceptors (Lipinski definition) is 2. The zero-order chi connectivity index (χ0) is 12.4. The first-order valence-electron chi connectivity index (χ1n) is 4.75. The van der Waals surface area contributed by atoms with E-state index in [1.165, 1.54) is 12.1 Å². The summed E-state index contributed by atoms with van der Waals surface area (Å²) >= 11 is 2.12. The fourth-order valence-electron chi connectivity index (χ4n) is 1.48. The Morgan fingerprint density at radius 1 is 1.47 bits per heavy atom. The molecule has 0 spiro atoms. The Balaban J connectivity index is 2.29. The van der Waals surface area contributed by atoms with Crippen molar-refractivity contribution in [2.24, 2.45) is 0 Å². The average molecular weight is 346 g/mol. The Kier molecular flexibility index (Phi) is 3.41. The second-order valence-corrected chi connectivity index (χ2v) is 4.76. The van der Waals surface area contributed by atoms with Gasteiger partial charge >= 0.3 is 5.97 Å². The molecule has 0 radical (unpaired) electrons. The van der Waals surface area contributed by atoms with Crippen molar-refractivity contribution in [3.8, 4) is 0 Å². The normalized spacial score (nSPS) is 10.5. The molecule has 0 fully saturated rings. The van der Waals surface area contributed by atoms with Gasteiger partial charge in [0.15, 0.2) is 0 Å². The van der Waals surface area contributed by atoms with E-state index in [1.807, 2.05) is 0 Å². The molecule has 4 nitrogen and oxygen atoms in total. The van der Waals surface area contributed by atoms with Gasteiger partial charge in [-0.25, -0.2) is 9.18 Å². The quantitative estimate of drug-likeness (QED) is 0.869. The summed E-state index contributed by atoms with van der Waals surface area (Å²) in [7, 11) is 0. The largest absolute Gasteiger partial charge is 0.478 e. The number of halogens is 2. The molecule has 0 aliphatic carbocycles. The smallest absolute Gasteiger partial charge is 0.335 e. The van der Waals surface area contributed by atoms with Gasteiger partial charge in [0.25, 0.3) is 0 Å². The summed E-state index contributed by atoms with van der Waals surface area (Å²) in [6, 6.07) is 3.75. The summed E-state index contributed by atoms with van der Waals surface area (Å²) < 4.78 is 15.8. The molecule has 0 bridgehead atoms. The summed E-state index contributed by atoms with van der Waals surface area (Å²) in [6.45, 7) is 0.348. The van der Waals surface area contributed by atoms with Crippen LogP contribution in [0.2, 0.25) is 0 Å². The molecule has 0 saturated heterocycles. The van der Waals surface area contributed by atoms with Crippen LogP contribution in [0.3, 0.4) is 0 Å².